The van der Waals surface area contributed by atoms with Gasteiger partial charge in [0.2, 0.25) is 5.95 Å². The Kier molecular flexibility index (Phi) is 3.82. The maximum atomic E-state index is 9.81. The summed E-state index contributed by atoms with van der Waals surface area (Å²) in [6, 6.07) is 1.89. The van der Waals surface area contributed by atoms with Crippen molar-refractivity contribution in [3.05, 3.63) is 23.9 Å². The lowest BCUT2D eigenvalue weighted by molar-refractivity contribution is 0.154. The monoisotopic (exact) mass is 315 g/mol. The van der Waals surface area contributed by atoms with Crippen LogP contribution in [0, 0.1) is 0 Å². The number of piperidine rings is 1. The van der Waals surface area contributed by atoms with Crippen molar-refractivity contribution < 1.29 is 5.11 Å². The Morgan fingerprint density at radius 3 is 3.13 bits per heavy atom. The molecule has 1 unspecified atom stereocenters. The smallest absolute Gasteiger partial charge is 0.224 e. The van der Waals surface area contributed by atoms with E-state index in [-0.39, 0.29) is 6.10 Å². The number of aliphatic hydroxyl groups excluding tert-OH is 1. The first-order valence-corrected chi connectivity index (χ1v) is 8.20. The minimum absolute atomic E-state index is 0.270. The maximum Gasteiger partial charge on any atom is 0.224 e. The molecule has 2 aliphatic rings. The normalized spacial score (nSPS) is 20.6. The van der Waals surface area contributed by atoms with Crippen LogP contribution >= 0.6 is 0 Å². The Morgan fingerprint density at radius 2 is 2.22 bits per heavy atom. The third-order valence-electron chi connectivity index (χ3n) is 4.45. The van der Waals surface area contributed by atoms with Crippen LogP contribution in [0.1, 0.15) is 30.9 Å². The van der Waals surface area contributed by atoms with Crippen LogP contribution in [0.2, 0.25) is 0 Å². The molecule has 0 radical (unpaired) electrons. The van der Waals surface area contributed by atoms with Crippen molar-refractivity contribution in [1.82, 2.24) is 24.7 Å². The van der Waals surface area contributed by atoms with E-state index in [4.69, 9.17) is 0 Å². The zero-order valence-corrected chi connectivity index (χ0v) is 13.0. The van der Waals surface area contributed by atoms with E-state index in [1.165, 1.54) is 0 Å². The van der Waals surface area contributed by atoms with E-state index in [0.29, 0.717) is 19.0 Å². The van der Waals surface area contributed by atoms with E-state index in [9.17, 15) is 5.11 Å². The molecule has 2 aliphatic heterocycles. The van der Waals surface area contributed by atoms with Crippen molar-refractivity contribution in [2.45, 2.75) is 44.9 Å². The Balaban J connectivity index is 1.44. The average Bonchev–Trinajstić information content (AvgIpc) is 3.17. The number of anilines is 2. The highest BCUT2D eigenvalue weighted by Crippen LogP contribution is 2.19. The van der Waals surface area contributed by atoms with Crippen LogP contribution in [0.15, 0.2) is 12.3 Å². The fourth-order valence-corrected chi connectivity index (χ4v) is 3.27. The van der Waals surface area contributed by atoms with Crippen molar-refractivity contribution in [3.8, 4) is 0 Å². The molecule has 0 saturated carbocycles. The lowest BCUT2D eigenvalue weighted by Gasteiger charge is -2.31. The van der Waals surface area contributed by atoms with Crippen LogP contribution in [0.5, 0.6) is 0 Å². The standard InChI is InChI=1S/C15H21N7O/c23-11-3-1-7-21(10-11)12-5-6-16-15(18-12)17-9-14-20-19-13-4-2-8-22(13)14/h5-6,11,23H,1-4,7-10H2,(H,16,17,18). The highest BCUT2D eigenvalue weighted by atomic mass is 16.3. The van der Waals surface area contributed by atoms with Gasteiger partial charge < -0.3 is 19.9 Å². The molecule has 2 N–H and O–H groups in total. The first-order chi connectivity index (χ1) is 11.3. The van der Waals surface area contributed by atoms with E-state index in [0.717, 1.165) is 56.2 Å². The zero-order valence-electron chi connectivity index (χ0n) is 13.0. The van der Waals surface area contributed by atoms with Crippen molar-refractivity contribution in [2.24, 2.45) is 0 Å². The van der Waals surface area contributed by atoms with Gasteiger partial charge in [0.25, 0.3) is 0 Å². The summed E-state index contributed by atoms with van der Waals surface area (Å²) >= 11 is 0. The molecule has 23 heavy (non-hydrogen) atoms. The second-order valence-corrected chi connectivity index (χ2v) is 6.12. The van der Waals surface area contributed by atoms with Gasteiger partial charge in [-0.25, -0.2) is 4.98 Å². The number of aliphatic hydroxyl groups is 1. The van der Waals surface area contributed by atoms with Crippen LogP contribution in [0.25, 0.3) is 0 Å². The molecule has 4 rings (SSSR count). The van der Waals surface area contributed by atoms with Crippen molar-refractivity contribution in [3.63, 3.8) is 0 Å². The molecule has 0 aliphatic carbocycles. The number of nitrogens with zero attached hydrogens (tertiary/aromatic N) is 6. The fraction of sp³-hybridized carbons (Fsp3) is 0.600. The van der Waals surface area contributed by atoms with E-state index < -0.39 is 0 Å². The second kappa shape index (κ2) is 6.11. The van der Waals surface area contributed by atoms with Gasteiger partial charge in [-0.05, 0) is 25.3 Å². The van der Waals surface area contributed by atoms with Crippen LogP contribution < -0.4 is 10.2 Å². The number of rotatable bonds is 4. The number of hydrogen-bond donors (Lipinski definition) is 2. The molecule has 1 fully saturated rings. The lowest BCUT2D eigenvalue weighted by Crippen LogP contribution is -2.38. The molecule has 1 atom stereocenters. The number of nitrogens with one attached hydrogen (secondary N) is 1. The minimum atomic E-state index is -0.270. The van der Waals surface area contributed by atoms with Crippen LogP contribution in [0.4, 0.5) is 11.8 Å². The molecule has 122 valence electrons. The third kappa shape index (κ3) is 2.98. The summed E-state index contributed by atoms with van der Waals surface area (Å²) in [6.07, 6.45) is 5.48. The Bertz CT molecular complexity index is 686. The summed E-state index contributed by atoms with van der Waals surface area (Å²) in [7, 11) is 0. The second-order valence-electron chi connectivity index (χ2n) is 6.12. The topological polar surface area (TPSA) is 92.0 Å². The van der Waals surface area contributed by atoms with E-state index in [2.05, 4.69) is 34.9 Å². The number of hydrogen-bond acceptors (Lipinski definition) is 7. The third-order valence-corrected chi connectivity index (χ3v) is 4.45. The largest absolute Gasteiger partial charge is 0.391 e. The van der Waals surface area contributed by atoms with Gasteiger partial charge in [0.05, 0.1) is 12.6 Å². The number of fused-ring (bicyclic) bond motifs is 1. The van der Waals surface area contributed by atoms with E-state index >= 15 is 0 Å². The fourth-order valence-electron chi connectivity index (χ4n) is 3.27. The summed E-state index contributed by atoms with van der Waals surface area (Å²) in [5.74, 6) is 3.43. The molecule has 0 spiro atoms. The number of aryl methyl sites for hydroxylation is 1. The van der Waals surface area contributed by atoms with Gasteiger partial charge in [0.15, 0.2) is 5.82 Å². The van der Waals surface area contributed by atoms with Crippen molar-refractivity contribution >= 4 is 11.8 Å². The summed E-state index contributed by atoms with van der Waals surface area (Å²) in [5.41, 5.74) is 0. The molecule has 0 bridgehead atoms. The summed E-state index contributed by atoms with van der Waals surface area (Å²) < 4.78 is 2.16. The summed E-state index contributed by atoms with van der Waals surface area (Å²) in [5, 5.41) is 21.5. The van der Waals surface area contributed by atoms with Gasteiger partial charge in [0.1, 0.15) is 11.6 Å². The number of β-amino-alcohol motifs (C(OH)–C–C–N with tert-alkyl or cyclic N) is 1. The van der Waals surface area contributed by atoms with Crippen LogP contribution in [-0.4, -0.2) is 49.0 Å². The van der Waals surface area contributed by atoms with Crippen LogP contribution in [0.3, 0.4) is 0 Å². The maximum absolute atomic E-state index is 9.81. The SMILES string of the molecule is OC1CCCN(c2ccnc(NCc3nnc4n3CCC4)n2)C1. The average molecular weight is 315 g/mol. The molecule has 0 aromatic carbocycles. The van der Waals surface area contributed by atoms with Gasteiger partial charge in [-0.3, -0.25) is 0 Å². The minimum Gasteiger partial charge on any atom is -0.391 e. The molecular formula is C15H21N7O. The zero-order chi connectivity index (χ0) is 15.6. The Morgan fingerprint density at radius 1 is 1.26 bits per heavy atom. The number of aromatic nitrogens is 5. The molecule has 8 heteroatoms. The molecule has 4 heterocycles. The predicted molar refractivity (Wildman–Crippen MR) is 85.2 cm³/mol. The van der Waals surface area contributed by atoms with Crippen molar-refractivity contribution in [1.29, 1.82) is 0 Å². The molecule has 1 saturated heterocycles. The van der Waals surface area contributed by atoms with Gasteiger partial charge >= 0.3 is 0 Å². The highest BCUT2D eigenvalue weighted by Gasteiger charge is 2.20. The van der Waals surface area contributed by atoms with Crippen molar-refractivity contribution in [2.75, 3.05) is 23.3 Å². The Hall–Kier alpha value is -2.22. The Labute approximate surface area is 134 Å². The van der Waals surface area contributed by atoms with Gasteiger partial charge in [-0.2, -0.15) is 4.98 Å². The summed E-state index contributed by atoms with van der Waals surface area (Å²) in [4.78, 5) is 10.9. The molecular weight excluding hydrogens is 294 g/mol. The molecule has 0 amide bonds. The first kappa shape index (κ1) is 14.4. The van der Waals surface area contributed by atoms with Crippen LogP contribution in [-0.2, 0) is 19.5 Å². The van der Waals surface area contributed by atoms with E-state index in [1.807, 2.05) is 6.07 Å². The quantitative estimate of drug-likeness (QED) is 0.853. The predicted octanol–water partition coefficient (Wildman–Crippen LogP) is 0.587. The van der Waals surface area contributed by atoms with Gasteiger partial charge in [0, 0.05) is 32.3 Å². The molecule has 2 aromatic heterocycles. The lowest BCUT2D eigenvalue weighted by atomic mass is 10.1. The summed E-state index contributed by atoms with van der Waals surface area (Å²) in [6.45, 7) is 3.12. The van der Waals surface area contributed by atoms with Gasteiger partial charge in [-0.1, -0.05) is 0 Å². The highest BCUT2D eigenvalue weighted by molar-refractivity contribution is 5.43. The molecule has 2 aromatic rings. The molecule has 8 nitrogen and oxygen atoms in total. The van der Waals surface area contributed by atoms with E-state index in [1.54, 1.807) is 6.20 Å². The van der Waals surface area contributed by atoms with Gasteiger partial charge in [-0.15, -0.1) is 10.2 Å². The first-order valence-electron chi connectivity index (χ1n) is 8.20.